The molecule has 1 amide bonds. The molecule has 1 aliphatic carbocycles. The molecular formula is C19H30N4O. The van der Waals surface area contributed by atoms with Gasteiger partial charge in [0.15, 0.2) is 0 Å². The summed E-state index contributed by atoms with van der Waals surface area (Å²) in [5.74, 6) is 0.748. The van der Waals surface area contributed by atoms with Crippen LogP contribution < -0.4 is 16.0 Å². The summed E-state index contributed by atoms with van der Waals surface area (Å²) in [6.07, 6.45) is 2.84. The molecule has 1 saturated carbocycles. The molecule has 3 rings (SSSR count). The maximum Gasteiger partial charge on any atom is 0.228 e. The monoisotopic (exact) mass is 330 g/mol. The largest absolute Gasteiger partial charge is 0.369 e. The van der Waals surface area contributed by atoms with Gasteiger partial charge in [-0.25, -0.2) is 0 Å². The zero-order chi connectivity index (χ0) is 17.1. The second kappa shape index (κ2) is 7.53. The van der Waals surface area contributed by atoms with Gasteiger partial charge in [-0.3, -0.25) is 9.69 Å². The quantitative estimate of drug-likeness (QED) is 0.839. The average Bonchev–Trinajstić information content (AvgIpc) is 3.39. The molecule has 0 aromatic heterocycles. The van der Waals surface area contributed by atoms with Crippen molar-refractivity contribution in [1.82, 2.24) is 4.90 Å². The molecule has 2 aliphatic rings. The first-order valence-electron chi connectivity index (χ1n) is 9.17. The van der Waals surface area contributed by atoms with Gasteiger partial charge < -0.3 is 16.0 Å². The number of carbonyl (C=O) groups is 1. The van der Waals surface area contributed by atoms with Gasteiger partial charge in [0, 0.05) is 50.1 Å². The second-order valence-electron chi connectivity index (χ2n) is 7.42. The molecule has 3 N–H and O–H groups in total. The van der Waals surface area contributed by atoms with Crippen molar-refractivity contribution in [3.8, 4) is 0 Å². The van der Waals surface area contributed by atoms with Crippen molar-refractivity contribution >= 4 is 17.3 Å². The number of nitrogens with two attached hydrogens (primary N) is 1. The van der Waals surface area contributed by atoms with Crippen LogP contribution in [0, 0.1) is 11.8 Å². The Morgan fingerprint density at radius 2 is 1.96 bits per heavy atom. The van der Waals surface area contributed by atoms with Crippen molar-refractivity contribution in [3.05, 3.63) is 24.3 Å². The molecule has 1 saturated heterocycles. The Kier molecular flexibility index (Phi) is 5.41. The highest BCUT2D eigenvalue weighted by molar-refractivity contribution is 5.93. The third-order valence-electron chi connectivity index (χ3n) is 5.27. The van der Waals surface area contributed by atoms with Crippen molar-refractivity contribution in [1.29, 1.82) is 0 Å². The van der Waals surface area contributed by atoms with Crippen LogP contribution in [-0.2, 0) is 4.79 Å². The van der Waals surface area contributed by atoms with Gasteiger partial charge in [0.1, 0.15) is 0 Å². The summed E-state index contributed by atoms with van der Waals surface area (Å²) in [7, 11) is 0. The number of rotatable bonds is 6. The summed E-state index contributed by atoms with van der Waals surface area (Å²) in [6.45, 7) is 9.38. The van der Waals surface area contributed by atoms with Gasteiger partial charge in [0.25, 0.3) is 0 Å². The first kappa shape index (κ1) is 17.2. The van der Waals surface area contributed by atoms with Crippen LogP contribution in [0.4, 0.5) is 11.4 Å². The fourth-order valence-electron chi connectivity index (χ4n) is 3.13. The van der Waals surface area contributed by atoms with Crippen LogP contribution in [0.15, 0.2) is 24.3 Å². The van der Waals surface area contributed by atoms with Gasteiger partial charge in [-0.15, -0.1) is 0 Å². The summed E-state index contributed by atoms with van der Waals surface area (Å²) in [5, 5.41) is 2.99. The normalized spacial score (nSPS) is 21.4. The lowest BCUT2D eigenvalue weighted by Crippen LogP contribution is -2.47. The molecule has 5 nitrogen and oxygen atoms in total. The molecule has 2 atom stereocenters. The van der Waals surface area contributed by atoms with Crippen LogP contribution in [0.1, 0.15) is 26.7 Å². The molecule has 2 unspecified atom stereocenters. The highest BCUT2D eigenvalue weighted by Crippen LogP contribution is 2.30. The first-order valence-corrected chi connectivity index (χ1v) is 9.17. The van der Waals surface area contributed by atoms with Crippen molar-refractivity contribution in [2.24, 2.45) is 17.6 Å². The number of hydrogen-bond donors (Lipinski definition) is 2. The van der Waals surface area contributed by atoms with E-state index in [1.807, 2.05) is 26.0 Å². The number of hydrogen-bond acceptors (Lipinski definition) is 4. The molecule has 5 heteroatoms. The Hall–Kier alpha value is -1.59. The van der Waals surface area contributed by atoms with E-state index in [9.17, 15) is 4.79 Å². The number of piperazine rings is 1. The van der Waals surface area contributed by atoms with Gasteiger partial charge in [-0.1, -0.05) is 13.0 Å². The number of carbonyl (C=O) groups excluding carboxylic acids is 1. The summed E-state index contributed by atoms with van der Waals surface area (Å²) >= 11 is 0. The minimum absolute atomic E-state index is 0.0172. The highest BCUT2D eigenvalue weighted by atomic mass is 16.1. The summed E-state index contributed by atoms with van der Waals surface area (Å²) in [4.78, 5) is 17.2. The van der Waals surface area contributed by atoms with E-state index < -0.39 is 0 Å². The van der Waals surface area contributed by atoms with Gasteiger partial charge in [0.2, 0.25) is 5.91 Å². The third-order valence-corrected chi connectivity index (χ3v) is 5.27. The molecule has 1 aromatic rings. The van der Waals surface area contributed by atoms with Crippen molar-refractivity contribution in [3.63, 3.8) is 0 Å². The van der Waals surface area contributed by atoms with Crippen LogP contribution in [0.25, 0.3) is 0 Å². The summed E-state index contributed by atoms with van der Waals surface area (Å²) in [6, 6.07) is 8.01. The van der Waals surface area contributed by atoms with E-state index in [0.717, 1.165) is 37.8 Å². The Balaban J connectivity index is 1.56. The lowest BCUT2D eigenvalue weighted by atomic mass is 10.0. The van der Waals surface area contributed by atoms with Crippen LogP contribution in [0.3, 0.4) is 0 Å². The first-order chi connectivity index (χ1) is 11.5. The standard InChI is InChI=1S/C19H30N4O/c1-14(15(2)20)19(24)21-17-4-3-5-18(12-17)23-10-8-22(9-11-23)13-16-6-7-16/h3-5,12,14-16H,6-11,13,20H2,1-2H3,(H,21,24). The Bertz CT molecular complexity index is 562. The second-order valence-corrected chi connectivity index (χ2v) is 7.42. The molecular weight excluding hydrogens is 300 g/mol. The van der Waals surface area contributed by atoms with E-state index in [0.29, 0.717) is 0 Å². The van der Waals surface area contributed by atoms with Crippen LogP contribution in [0.2, 0.25) is 0 Å². The number of benzene rings is 1. The lowest BCUT2D eigenvalue weighted by molar-refractivity contribution is -0.119. The molecule has 0 bridgehead atoms. The number of anilines is 2. The fourth-order valence-corrected chi connectivity index (χ4v) is 3.13. The predicted molar refractivity (Wildman–Crippen MR) is 99.3 cm³/mol. The smallest absolute Gasteiger partial charge is 0.228 e. The van der Waals surface area contributed by atoms with Gasteiger partial charge in [-0.05, 0) is 43.9 Å². The zero-order valence-electron chi connectivity index (χ0n) is 14.9. The fraction of sp³-hybridized carbons (Fsp3) is 0.632. The van der Waals surface area contributed by atoms with E-state index in [1.54, 1.807) is 0 Å². The van der Waals surface area contributed by atoms with Crippen LogP contribution in [0.5, 0.6) is 0 Å². The van der Waals surface area contributed by atoms with Crippen molar-refractivity contribution in [2.45, 2.75) is 32.7 Å². The highest BCUT2D eigenvalue weighted by Gasteiger charge is 2.26. The molecule has 2 fully saturated rings. The minimum Gasteiger partial charge on any atom is -0.369 e. The SMILES string of the molecule is CC(N)C(C)C(=O)Nc1cccc(N2CCN(CC3CC3)CC2)c1. The third kappa shape index (κ3) is 4.48. The molecule has 1 heterocycles. The zero-order valence-corrected chi connectivity index (χ0v) is 14.9. The number of nitrogens with one attached hydrogen (secondary N) is 1. The predicted octanol–water partition coefficient (Wildman–Crippen LogP) is 2.14. The molecule has 24 heavy (non-hydrogen) atoms. The minimum atomic E-state index is -0.195. The lowest BCUT2D eigenvalue weighted by Gasteiger charge is -2.36. The van der Waals surface area contributed by atoms with E-state index in [2.05, 4.69) is 27.2 Å². The molecule has 0 radical (unpaired) electrons. The van der Waals surface area contributed by atoms with Gasteiger partial charge >= 0.3 is 0 Å². The molecule has 1 aliphatic heterocycles. The number of amides is 1. The molecule has 0 spiro atoms. The van der Waals surface area contributed by atoms with E-state index in [1.165, 1.54) is 25.1 Å². The van der Waals surface area contributed by atoms with Crippen molar-refractivity contribution in [2.75, 3.05) is 42.9 Å². The topological polar surface area (TPSA) is 61.6 Å². The molecule has 132 valence electrons. The van der Waals surface area contributed by atoms with E-state index >= 15 is 0 Å². The van der Waals surface area contributed by atoms with Gasteiger partial charge in [0.05, 0.1) is 5.92 Å². The number of nitrogens with zero attached hydrogens (tertiary/aromatic N) is 2. The Labute approximate surface area is 145 Å². The molecule has 1 aromatic carbocycles. The Morgan fingerprint density at radius 1 is 1.25 bits per heavy atom. The van der Waals surface area contributed by atoms with Crippen molar-refractivity contribution < 1.29 is 4.79 Å². The maximum absolute atomic E-state index is 12.2. The maximum atomic E-state index is 12.2. The van der Waals surface area contributed by atoms with Gasteiger partial charge in [-0.2, -0.15) is 0 Å². The van der Waals surface area contributed by atoms with Crippen LogP contribution in [-0.4, -0.2) is 49.6 Å². The summed E-state index contributed by atoms with van der Waals surface area (Å²) < 4.78 is 0. The van der Waals surface area contributed by atoms with Crippen LogP contribution >= 0.6 is 0 Å². The van der Waals surface area contributed by atoms with E-state index in [-0.39, 0.29) is 17.9 Å². The average molecular weight is 330 g/mol. The Morgan fingerprint density at radius 3 is 2.58 bits per heavy atom. The summed E-state index contributed by atoms with van der Waals surface area (Å²) in [5.41, 5.74) is 7.85. The van der Waals surface area contributed by atoms with E-state index in [4.69, 9.17) is 5.73 Å².